The molecule has 3 aliphatic heterocycles. The van der Waals surface area contributed by atoms with Crippen LogP contribution in [-0.4, -0.2) is 48.1 Å². The minimum Gasteiger partial charge on any atom is -0.486 e. The first-order valence-electron chi connectivity index (χ1n) is 10.7. The monoisotopic (exact) mass is 406 g/mol. The lowest BCUT2D eigenvalue weighted by Gasteiger charge is -2.46. The molecule has 1 saturated heterocycles. The van der Waals surface area contributed by atoms with Crippen LogP contribution in [0, 0.1) is 0 Å². The predicted octanol–water partition coefficient (Wildman–Crippen LogP) is 2.12. The summed E-state index contributed by atoms with van der Waals surface area (Å²) in [6.07, 6.45) is 5.55. The second-order valence-corrected chi connectivity index (χ2v) is 8.69. The Morgan fingerprint density at radius 2 is 1.97 bits per heavy atom. The lowest BCUT2D eigenvalue weighted by atomic mass is 9.65. The molecule has 1 fully saturated rings. The van der Waals surface area contributed by atoms with E-state index in [1.807, 2.05) is 12.1 Å². The van der Waals surface area contributed by atoms with Crippen LogP contribution in [0.3, 0.4) is 0 Å². The quantitative estimate of drug-likeness (QED) is 0.758. The summed E-state index contributed by atoms with van der Waals surface area (Å²) in [5, 5.41) is 11.1. The van der Waals surface area contributed by atoms with E-state index in [2.05, 4.69) is 41.3 Å². The molecule has 0 amide bonds. The summed E-state index contributed by atoms with van der Waals surface area (Å²) >= 11 is 0. The van der Waals surface area contributed by atoms with Crippen LogP contribution in [0.4, 0.5) is 0 Å². The molecular weight excluding hydrogens is 380 g/mol. The smallest absolute Gasteiger partial charge is 0.231 e. The molecule has 4 aliphatic rings. The number of hydrogen-bond acceptors (Lipinski definition) is 6. The molecular formula is C24H26N2O4. The van der Waals surface area contributed by atoms with E-state index in [1.54, 1.807) is 0 Å². The SMILES string of the molecule is NCCc1ccc(O[C@H]2C=C[C@@]34c5cc6c(cc5CN(C[C@H]3O)[C@H]4C2)OCO6)cc1. The molecule has 3 heterocycles. The lowest BCUT2D eigenvalue weighted by molar-refractivity contribution is 0.102. The van der Waals surface area contributed by atoms with E-state index in [-0.39, 0.29) is 18.9 Å². The fourth-order valence-electron chi connectivity index (χ4n) is 5.68. The van der Waals surface area contributed by atoms with Crippen LogP contribution in [0.1, 0.15) is 23.1 Å². The van der Waals surface area contributed by atoms with Gasteiger partial charge in [0.25, 0.3) is 0 Å². The van der Waals surface area contributed by atoms with Crippen LogP contribution < -0.4 is 19.9 Å². The fourth-order valence-corrected chi connectivity index (χ4v) is 5.68. The minimum atomic E-state index is -0.447. The van der Waals surface area contributed by atoms with Gasteiger partial charge in [0.2, 0.25) is 6.79 Å². The average molecular weight is 406 g/mol. The molecule has 156 valence electrons. The number of ether oxygens (including phenoxy) is 3. The number of nitrogens with zero attached hydrogens (tertiary/aromatic N) is 1. The maximum Gasteiger partial charge on any atom is 0.231 e. The molecule has 6 heteroatoms. The predicted molar refractivity (Wildman–Crippen MR) is 112 cm³/mol. The number of nitrogens with two attached hydrogens (primary N) is 1. The van der Waals surface area contributed by atoms with Gasteiger partial charge in [-0.1, -0.05) is 18.2 Å². The third-order valence-electron chi connectivity index (χ3n) is 7.08. The van der Waals surface area contributed by atoms with Crippen LogP contribution in [0.2, 0.25) is 0 Å². The Kier molecular flexibility index (Phi) is 4.10. The zero-order valence-electron chi connectivity index (χ0n) is 16.8. The van der Waals surface area contributed by atoms with E-state index in [0.29, 0.717) is 13.1 Å². The lowest BCUT2D eigenvalue weighted by Crippen LogP contribution is -2.52. The number of fused-ring (bicyclic) bond motifs is 2. The van der Waals surface area contributed by atoms with Crippen LogP contribution in [-0.2, 0) is 18.4 Å². The highest BCUT2D eigenvalue weighted by molar-refractivity contribution is 5.56. The molecule has 0 saturated carbocycles. The molecule has 30 heavy (non-hydrogen) atoms. The zero-order valence-corrected chi connectivity index (χ0v) is 16.8. The Hall–Kier alpha value is -2.54. The van der Waals surface area contributed by atoms with Crippen molar-refractivity contribution in [1.29, 1.82) is 0 Å². The fraction of sp³-hybridized carbons (Fsp3) is 0.417. The van der Waals surface area contributed by atoms with Gasteiger partial charge in [-0.3, -0.25) is 4.90 Å². The first-order chi connectivity index (χ1) is 14.7. The Bertz CT molecular complexity index is 1010. The number of aliphatic hydroxyl groups excluding tert-OH is 1. The van der Waals surface area contributed by atoms with Gasteiger partial charge in [0.1, 0.15) is 11.9 Å². The molecule has 3 N–H and O–H groups in total. The van der Waals surface area contributed by atoms with Crippen LogP contribution in [0.5, 0.6) is 17.2 Å². The molecule has 0 aromatic heterocycles. The maximum atomic E-state index is 11.1. The largest absolute Gasteiger partial charge is 0.486 e. The molecule has 5 atom stereocenters. The number of hydrogen-bond donors (Lipinski definition) is 2. The van der Waals surface area contributed by atoms with Crippen molar-refractivity contribution in [2.45, 2.75) is 43.1 Å². The van der Waals surface area contributed by atoms with Crippen molar-refractivity contribution in [2.24, 2.45) is 5.73 Å². The first-order valence-corrected chi connectivity index (χ1v) is 10.7. The van der Waals surface area contributed by atoms with E-state index < -0.39 is 11.5 Å². The summed E-state index contributed by atoms with van der Waals surface area (Å²) in [6, 6.07) is 12.6. The van der Waals surface area contributed by atoms with E-state index >= 15 is 0 Å². The first kappa shape index (κ1) is 18.2. The van der Waals surface area contributed by atoms with Crippen LogP contribution in [0.25, 0.3) is 0 Å². The third-order valence-corrected chi connectivity index (χ3v) is 7.08. The van der Waals surface area contributed by atoms with Crippen molar-refractivity contribution in [3.05, 3.63) is 65.2 Å². The standard InChI is InChI=1S/C24H26N2O4/c25-8-6-15-1-3-17(4-2-15)30-18-5-7-24-19-11-21-20(28-14-29-21)9-16(19)12-26(13-23(24)27)22(24)10-18/h1-5,7,9,11,18,22-23,27H,6,8,10,12-14,25H2/t18-,22-,23+,24-/m0/s1. The van der Waals surface area contributed by atoms with Gasteiger partial charge in [0.05, 0.1) is 11.5 Å². The normalized spacial score (nSPS) is 32.6. The summed E-state index contributed by atoms with van der Waals surface area (Å²) in [5.74, 6) is 2.44. The van der Waals surface area contributed by atoms with Crippen molar-refractivity contribution in [1.82, 2.24) is 4.90 Å². The summed E-state index contributed by atoms with van der Waals surface area (Å²) in [7, 11) is 0. The van der Waals surface area contributed by atoms with Gasteiger partial charge in [-0.2, -0.15) is 0 Å². The highest BCUT2D eigenvalue weighted by atomic mass is 16.7. The molecule has 2 aromatic rings. The van der Waals surface area contributed by atoms with E-state index in [0.717, 1.165) is 36.6 Å². The number of aliphatic hydroxyl groups is 1. The molecule has 6 rings (SSSR count). The molecule has 2 aromatic carbocycles. The molecule has 6 nitrogen and oxygen atoms in total. The maximum absolute atomic E-state index is 11.1. The van der Waals surface area contributed by atoms with E-state index in [9.17, 15) is 5.11 Å². The summed E-state index contributed by atoms with van der Waals surface area (Å²) in [4.78, 5) is 2.39. The number of benzene rings is 2. The molecule has 1 aliphatic carbocycles. The second-order valence-electron chi connectivity index (χ2n) is 8.69. The zero-order chi connectivity index (χ0) is 20.3. The summed E-state index contributed by atoms with van der Waals surface area (Å²) < 4.78 is 17.5. The van der Waals surface area contributed by atoms with Gasteiger partial charge in [0.15, 0.2) is 11.5 Å². The van der Waals surface area contributed by atoms with Gasteiger partial charge in [0, 0.05) is 25.6 Å². The Balaban J connectivity index is 1.31. The minimum absolute atomic E-state index is 0.0214. The van der Waals surface area contributed by atoms with E-state index in [1.165, 1.54) is 16.7 Å². The molecule has 0 spiro atoms. The third kappa shape index (κ3) is 2.61. The van der Waals surface area contributed by atoms with E-state index in [4.69, 9.17) is 19.9 Å². The Morgan fingerprint density at radius 1 is 1.17 bits per heavy atom. The molecule has 1 unspecified atom stereocenters. The van der Waals surface area contributed by atoms with Crippen LogP contribution >= 0.6 is 0 Å². The van der Waals surface area contributed by atoms with Crippen molar-refractivity contribution in [3.8, 4) is 17.2 Å². The van der Waals surface area contributed by atoms with Gasteiger partial charge in [-0.25, -0.2) is 0 Å². The highest BCUT2D eigenvalue weighted by Gasteiger charge is 2.58. The van der Waals surface area contributed by atoms with Crippen molar-refractivity contribution in [3.63, 3.8) is 0 Å². The van der Waals surface area contributed by atoms with Gasteiger partial charge in [-0.15, -0.1) is 0 Å². The van der Waals surface area contributed by atoms with Gasteiger partial charge < -0.3 is 25.1 Å². The number of rotatable bonds is 4. The van der Waals surface area contributed by atoms with Crippen LogP contribution in [0.15, 0.2) is 48.6 Å². The van der Waals surface area contributed by atoms with Crippen molar-refractivity contribution in [2.75, 3.05) is 19.9 Å². The Morgan fingerprint density at radius 3 is 2.77 bits per heavy atom. The second kappa shape index (κ2) is 6.74. The summed E-state index contributed by atoms with van der Waals surface area (Å²) in [6.45, 7) is 2.38. The van der Waals surface area contributed by atoms with Crippen molar-refractivity contribution >= 4 is 0 Å². The highest BCUT2D eigenvalue weighted by Crippen LogP contribution is 2.53. The molecule has 2 bridgehead atoms. The van der Waals surface area contributed by atoms with Gasteiger partial charge >= 0.3 is 0 Å². The topological polar surface area (TPSA) is 77.2 Å². The Labute approximate surface area is 175 Å². The van der Waals surface area contributed by atoms with Crippen molar-refractivity contribution < 1.29 is 19.3 Å². The molecule has 0 radical (unpaired) electrons. The van der Waals surface area contributed by atoms with Gasteiger partial charge in [-0.05, 0) is 60.0 Å². The average Bonchev–Trinajstić information content (AvgIpc) is 3.29. The summed E-state index contributed by atoms with van der Waals surface area (Å²) in [5.41, 5.74) is 8.82.